The first kappa shape index (κ1) is 20.7. The van der Waals surface area contributed by atoms with Crippen molar-refractivity contribution in [1.82, 2.24) is 0 Å². The van der Waals surface area contributed by atoms with Crippen LogP contribution in [0.25, 0.3) is 0 Å². The fourth-order valence-corrected chi connectivity index (χ4v) is 2.20. The Labute approximate surface area is 144 Å². The van der Waals surface area contributed by atoms with Gasteiger partial charge in [-0.25, -0.2) is 0 Å². The summed E-state index contributed by atoms with van der Waals surface area (Å²) in [5, 5.41) is 0. The average molecular weight is 341 g/mol. The lowest BCUT2D eigenvalue weighted by Crippen LogP contribution is -2.41. The van der Waals surface area contributed by atoms with Crippen LogP contribution in [0.3, 0.4) is 0 Å². The molecule has 0 N–H and O–H groups in total. The van der Waals surface area contributed by atoms with Crippen molar-refractivity contribution in [2.45, 2.75) is 53.5 Å². The minimum Gasteiger partial charge on any atom is -0.435 e. The quantitative estimate of drug-likeness (QED) is 0.540. The van der Waals surface area contributed by atoms with Crippen LogP contribution in [-0.2, 0) is 18.9 Å². The smallest absolute Gasteiger partial charge is 0.324 e. The van der Waals surface area contributed by atoms with Crippen LogP contribution in [0.2, 0.25) is 0 Å². The molecular formula is C18H29O6. The Morgan fingerprint density at radius 2 is 1.25 bits per heavy atom. The van der Waals surface area contributed by atoms with Gasteiger partial charge in [0, 0.05) is 19.9 Å². The van der Waals surface area contributed by atoms with E-state index in [4.69, 9.17) is 28.4 Å². The first-order valence-corrected chi connectivity index (χ1v) is 8.36. The molecule has 6 heteroatoms. The summed E-state index contributed by atoms with van der Waals surface area (Å²) in [6.45, 7) is 12.7. The van der Waals surface area contributed by atoms with E-state index in [2.05, 4.69) is 6.07 Å². The van der Waals surface area contributed by atoms with Crippen molar-refractivity contribution in [3.05, 3.63) is 24.3 Å². The van der Waals surface area contributed by atoms with Crippen LogP contribution in [0.1, 0.15) is 41.5 Å². The van der Waals surface area contributed by atoms with Crippen molar-refractivity contribution in [3.63, 3.8) is 0 Å². The molecule has 24 heavy (non-hydrogen) atoms. The lowest BCUT2D eigenvalue weighted by Gasteiger charge is -2.32. The van der Waals surface area contributed by atoms with Gasteiger partial charge in [0.05, 0.1) is 26.4 Å². The second-order valence-corrected chi connectivity index (χ2v) is 5.02. The molecule has 0 amide bonds. The van der Waals surface area contributed by atoms with E-state index in [1.54, 1.807) is 32.0 Å². The lowest BCUT2D eigenvalue weighted by molar-refractivity contribution is -0.338. The molecule has 0 aliphatic heterocycles. The second-order valence-electron chi connectivity index (χ2n) is 5.02. The van der Waals surface area contributed by atoms with Gasteiger partial charge >= 0.3 is 11.9 Å². The summed E-state index contributed by atoms with van der Waals surface area (Å²) in [6.07, 6.45) is 0. The third-order valence-electron chi connectivity index (χ3n) is 2.99. The monoisotopic (exact) mass is 341 g/mol. The van der Waals surface area contributed by atoms with Crippen LogP contribution in [-0.4, -0.2) is 38.4 Å². The van der Waals surface area contributed by atoms with Crippen molar-refractivity contribution in [3.8, 4) is 11.5 Å². The van der Waals surface area contributed by atoms with Gasteiger partial charge in [-0.3, -0.25) is 0 Å². The molecule has 137 valence electrons. The third kappa shape index (κ3) is 6.28. The molecule has 0 fully saturated rings. The van der Waals surface area contributed by atoms with E-state index in [1.165, 1.54) is 0 Å². The summed E-state index contributed by atoms with van der Waals surface area (Å²) in [5.41, 5.74) is 0. The molecule has 0 saturated carbocycles. The van der Waals surface area contributed by atoms with Gasteiger partial charge in [-0.15, -0.1) is 0 Å². The maximum atomic E-state index is 5.90. The lowest BCUT2D eigenvalue weighted by atomic mass is 10.3. The highest BCUT2D eigenvalue weighted by atomic mass is 16.9. The molecule has 0 spiro atoms. The van der Waals surface area contributed by atoms with Gasteiger partial charge in [0.15, 0.2) is 11.5 Å². The summed E-state index contributed by atoms with van der Waals surface area (Å²) < 4.78 is 34.1. The van der Waals surface area contributed by atoms with Gasteiger partial charge in [-0.1, -0.05) is 12.1 Å². The summed E-state index contributed by atoms with van der Waals surface area (Å²) >= 11 is 0. The molecule has 0 saturated heterocycles. The number of benzene rings is 1. The summed E-state index contributed by atoms with van der Waals surface area (Å²) in [7, 11) is 0. The van der Waals surface area contributed by atoms with Gasteiger partial charge in [0.1, 0.15) is 0 Å². The Morgan fingerprint density at radius 3 is 1.71 bits per heavy atom. The Kier molecular flexibility index (Phi) is 8.48. The number of ether oxygens (including phenoxy) is 6. The zero-order valence-corrected chi connectivity index (χ0v) is 15.5. The second kappa shape index (κ2) is 9.84. The number of rotatable bonds is 12. The molecule has 0 heterocycles. The van der Waals surface area contributed by atoms with Crippen LogP contribution in [0.5, 0.6) is 11.5 Å². The van der Waals surface area contributed by atoms with Gasteiger partial charge in [-0.05, 0) is 33.8 Å². The summed E-state index contributed by atoms with van der Waals surface area (Å²) in [6, 6.07) is 8.26. The maximum Gasteiger partial charge on any atom is 0.324 e. The van der Waals surface area contributed by atoms with Crippen LogP contribution < -0.4 is 9.47 Å². The first-order valence-electron chi connectivity index (χ1n) is 8.36. The molecule has 0 aromatic heterocycles. The third-order valence-corrected chi connectivity index (χ3v) is 2.99. The van der Waals surface area contributed by atoms with Crippen molar-refractivity contribution < 1.29 is 28.4 Å². The Hall–Kier alpha value is -1.34. The Morgan fingerprint density at radius 1 is 0.792 bits per heavy atom. The maximum absolute atomic E-state index is 5.90. The van der Waals surface area contributed by atoms with E-state index in [0.29, 0.717) is 37.9 Å². The van der Waals surface area contributed by atoms with E-state index in [1.807, 2.05) is 27.7 Å². The standard InChI is InChI=1S/C18H29O6/c1-7-19-17(5,20-8-2)23-15-13-11-12-14-16(15)24-18(6,21-9-3)22-10-4/h11-13H,7-10H2,1-6H3. The zero-order chi connectivity index (χ0) is 18.1. The first-order chi connectivity index (χ1) is 11.4. The highest BCUT2D eigenvalue weighted by Gasteiger charge is 2.32. The minimum atomic E-state index is -1.23. The van der Waals surface area contributed by atoms with Crippen LogP contribution in [0.4, 0.5) is 0 Å². The van der Waals surface area contributed by atoms with E-state index in [9.17, 15) is 0 Å². The summed E-state index contributed by atoms with van der Waals surface area (Å²) in [5.74, 6) is -1.67. The number of hydrogen-bond donors (Lipinski definition) is 0. The molecule has 1 aromatic carbocycles. The van der Waals surface area contributed by atoms with Crippen molar-refractivity contribution in [1.29, 1.82) is 0 Å². The zero-order valence-electron chi connectivity index (χ0n) is 15.5. The van der Waals surface area contributed by atoms with Crippen LogP contribution in [0, 0.1) is 6.07 Å². The van der Waals surface area contributed by atoms with Gasteiger partial charge in [0.2, 0.25) is 0 Å². The molecule has 1 aromatic rings. The topological polar surface area (TPSA) is 55.4 Å². The molecule has 1 radical (unpaired) electrons. The number of hydrogen-bond acceptors (Lipinski definition) is 6. The van der Waals surface area contributed by atoms with Gasteiger partial charge < -0.3 is 28.4 Å². The Balaban J connectivity index is 3.02. The van der Waals surface area contributed by atoms with E-state index >= 15 is 0 Å². The molecular weight excluding hydrogens is 312 g/mol. The molecule has 1 rings (SSSR count). The molecule has 6 nitrogen and oxygen atoms in total. The highest BCUT2D eigenvalue weighted by Crippen LogP contribution is 2.33. The molecule has 0 aliphatic rings. The largest absolute Gasteiger partial charge is 0.435 e. The molecule has 0 unspecified atom stereocenters. The molecule has 0 atom stereocenters. The van der Waals surface area contributed by atoms with Crippen LogP contribution >= 0.6 is 0 Å². The normalized spacial score (nSPS) is 12.2. The van der Waals surface area contributed by atoms with Crippen molar-refractivity contribution in [2.75, 3.05) is 26.4 Å². The Bertz CT molecular complexity index is 421. The molecule has 0 aliphatic carbocycles. The molecule has 0 bridgehead atoms. The average Bonchev–Trinajstić information content (AvgIpc) is 2.50. The fourth-order valence-electron chi connectivity index (χ4n) is 2.20. The van der Waals surface area contributed by atoms with Gasteiger partial charge in [-0.2, -0.15) is 0 Å². The van der Waals surface area contributed by atoms with Crippen molar-refractivity contribution >= 4 is 0 Å². The van der Waals surface area contributed by atoms with Crippen molar-refractivity contribution in [2.24, 2.45) is 0 Å². The van der Waals surface area contributed by atoms with Gasteiger partial charge in [0.25, 0.3) is 0 Å². The predicted molar refractivity (Wildman–Crippen MR) is 89.8 cm³/mol. The predicted octanol–water partition coefficient (Wildman–Crippen LogP) is 3.74. The minimum absolute atomic E-state index is 0.354. The number of para-hydroxylation sites is 1. The highest BCUT2D eigenvalue weighted by molar-refractivity contribution is 5.38. The summed E-state index contributed by atoms with van der Waals surface area (Å²) in [4.78, 5) is 0. The van der Waals surface area contributed by atoms with E-state index < -0.39 is 11.9 Å². The van der Waals surface area contributed by atoms with Crippen LogP contribution in [0.15, 0.2) is 18.2 Å². The fraction of sp³-hybridized carbons (Fsp3) is 0.667. The van der Waals surface area contributed by atoms with E-state index in [0.717, 1.165) is 0 Å². The van der Waals surface area contributed by atoms with E-state index in [-0.39, 0.29) is 0 Å². The SMILES string of the molecule is CCOC(C)(OCC)Oc1[c]cccc1OC(C)(OCC)OCC.